The maximum absolute atomic E-state index is 11.8. The number of carbonyl (C=O) groups excluding carboxylic acids is 1. The van der Waals surface area contributed by atoms with Gasteiger partial charge in [-0.15, -0.1) is 0 Å². The lowest BCUT2D eigenvalue weighted by molar-refractivity contribution is 0.102. The number of anilines is 2. The van der Waals surface area contributed by atoms with Gasteiger partial charge in [0.05, 0.1) is 11.3 Å². The molecule has 0 saturated heterocycles. The fourth-order valence-corrected chi connectivity index (χ4v) is 1.38. The lowest BCUT2D eigenvalue weighted by atomic mass is 10.2. The van der Waals surface area contributed by atoms with Crippen LogP contribution in [0, 0.1) is 6.92 Å². The second-order valence-corrected chi connectivity index (χ2v) is 3.63. The summed E-state index contributed by atoms with van der Waals surface area (Å²) in [5.41, 5.74) is 7.26. The molecule has 0 aliphatic rings. The molecule has 0 aromatic carbocycles. The molecular weight excluding hydrogens is 216 g/mol. The van der Waals surface area contributed by atoms with E-state index in [1.165, 1.54) is 12.4 Å². The predicted octanol–water partition coefficient (Wildman–Crippen LogP) is 1.62. The molecule has 2 aromatic heterocycles. The quantitative estimate of drug-likeness (QED) is 0.818. The number of aromatic nitrogens is 2. The fourth-order valence-electron chi connectivity index (χ4n) is 1.38. The third-order valence-corrected chi connectivity index (χ3v) is 2.15. The molecule has 0 aliphatic carbocycles. The van der Waals surface area contributed by atoms with Crippen molar-refractivity contribution in [1.29, 1.82) is 0 Å². The average molecular weight is 228 g/mol. The number of amides is 1. The standard InChI is InChI=1S/C12H12N4O/c1-8-3-2-4-11(15-8)16-12(17)9-5-10(13)7-14-6-9/h2-7H,13H2,1H3,(H,15,16,17). The molecule has 5 heteroatoms. The van der Waals surface area contributed by atoms with E-state index in [1.807, 2.05) is 19.1 Å². The first-order valence-electron chi connectivity index (χ1n) is 5.11. The van der Waals surface area contributed by atoms with Crippen molar-refractivity contribution in [2.75, 3.05) is 11.1 Å². The minimum absolute atomic E-state index is 0.275. The Kier molecular flexibility index (Phi) is 3.00. The van der Waals surface area contributed by atoms with Crippen LogP contribution in [0.3, 0.4) is 0 Å². The van der Waals surface area contributed by atoms with Crippen molar-refractivity contribution in [3.8, 4) is 0 Å². The maximum atomic E-state index is 11.8. The van der Waals surface area contributed by atoms with Crippen LogP contribution in [0.1, 0.15) is 16.1 Å². The molecule has 2 aromatic rings. The van der Waals surface area contributed by atoms with E-state index >= 15 is 0 Å². The normalized spacial score (nSPS) is 9.94. The summed E-state index contributed by atoms with van der Waals surface area (Å²) in [7, 11) is 0. The van der Waals surface area contributed by atoms with Gasteiger partial charge in [0.15, 0.2) is 0 Å². The molecule has 0 bridgehead atoms. The van der Waals surface area contributed by atoms with Gasteiger partial charge in [0.25, 0.3) is 5.91 Å². The zero-order valence-corrected chi connectivity index (χ0v) is 9.34. The molecule has 0 fully saturated rings. The first-order chi connectivity index (χ1) is 8.15. The van der Waals surface area contributed by atoms with E-state index < -0.39 is 0 Å². The van der Waals surface area contributed by atoms with Crippen LogP contribution in [0.4, 0.5) is 11.5 Å². The second kappa shape index (κ2) is 4.61. The predicted molar refractivity (Wildman–Crippen MR) is 65.6 cm³/mol. The number of nitrogen functional groups attached to an aromatic ring is 1. The molecule has 2 rings (SSSR count). The molecule has 2 heterocycles. The van der Waals surface area contributed by atoms with Crippen molar-refractivity contribution in [2.24, 2.45) is 0 Å². The lowest BCUT2D eigenvalue weighted by Crippen LogP contribution is -2.13. The van der Waals surface area contributed by atoms with Gasteiger partial charge in [-0.05, 0) is 25.1 Å². The number of hydrogen-bond acceptors (Lipinski definition) is 4. The van der Waals surface area contributed by atoms with Crippen molar-refractivity contribution >= 4 is 17.4 Å². The molecule has 0 aliphatic heterocycles. The Morgan fingerprint density at radius 1 is 1.35 bits per heavy atom. The summed E-state index contributed by atoms with van der Waals surface area (Å²) in [5, 5.41) is 2.68. The number of pyridine rings is 2. The Labute approximate surface area is 98.7 Å². The zero-order chi connectivity index (χ0) is 12.3. The first kappa shape index (κ1) is 11.1. The van der Waals surface area contributed by atoms with Crippen LogP contribution in [0.2, 0.25) is 0 Å². The van der Waals surface area contributed by atoms with Gasteiger partial charge in [0.1, 0.15) is 5.82 Å². The third-order valence-electron chi connectivity index (χ3n) is 2.15. The summed E-state index contributed by atoms with van der Waals surface area (Å²) in [4.78, 5) is 19.9. The van der Waals surface area contributed by atoms with Crippen molar-refractivity contribution < 1.29 is 4.79 Å². The Morgan fingerprint density at radius 3 is 2.88 bits per heavy atom. The lowest BCUT2D eigenvalue weighted by Gasteiger charge is -2.05. The van der Waals surface area contributed by atoms with Crippen LogP contribution in [0.25, 0.3) is 0 Å². The molecule has 0 radical (unpaired) electrons. The number of hydrogen-bond donors (Lipinski definition) is 2. The Balaban J connectivity index is 2.17. The van der Waals surface area contributed by atoms with Crippen LogP contribution in [-0.2, 0) is 0 Å². The first-order valence-corrected chi connectivity index (χ1v) is 5.11. The molecule has 1 amide bonds. The largest absolute Gasteiger partial charge is 0.397 e. The highest BCUT2D eigenvalue weighted by atomic mass is 16.1. The summed E-state index contributed by atoms with van der Waals surface area (Å²) in [6.45, 7) is 1.86. The van der Waals surface area contributed by atoms with Crippen molar-refractivity contribution in [2.45, 2.75) is 6.92 Å². The van der Waals surface area contributed by atoms with Crippen LogP contribution >= 0.6 is 0 Å². The number of nitrogens with two attached hydrogens (primary N) is 1. The smallest absolute Gasteiger partial charge is 0.258 e. The third kappa shape index (κ3) is 2.78. The zero-order valence-electron chi connectivity index (χ0n) is 9.34. The summed E-state index contributed by atoms with van der Waals surface area (Å²) in [5.74, 6) is 0.236. The second-order valence-electron chi connectivity index (χ2n) is 3.63. The van der Waals surface area contributed by atoms with Crippen molar-refractivity contribution in [1.82, 2.24) is 9.97 Å². The molecule has 0 unspecified atom stereocenters. The SMILES string of the molecule is Cc1cccc(NC(=O)c2cncc(N)c2)n1. The molecular formula is C12H12N4O. The van der Waals surface area contributed by atoms with Crippen LogP contribution in [0.5, 0.6) is 0 Å². The van der Waals surface area contributed by atoms with Gasteiger partial charge in [-0.25, -0.2) is 4.98 Å². The summed E-state index contributed by atoms with van der Waals surface area (Å²) >= 11 is 0. The number of rotatable bonds is 2. The van der Waals surface area contributed by atoms with Crippen molar-refractivity contribution in [3.63, 3.8) is 0 Å². The monoisotopic (exact) mass is 228 g/mol. The number of aryl methyl sites for hydroxylation is 1. The van der Waals surface area contributed by atoms with E-state index in [0.717, 1.165) is 5.69 Å². The topological polar surface area (TPSA) is 80.9 Å². The Hall–Kier alpha value is -2.43. The van der Waals surface area contributed by atoms with E-state index in [2.05, 4.69) is 15.3 Å². The fraction of sp³-hybridized carbons (Fsp3) is 0.0833. The van der Waals surface area contributed by atoms with Gasteiger partial charge < -0.3 is 11.1 Å². The molecule has 86 valence electrons. The van der Waals surface area contributed by atoms with Crippen LogP contribution in [-0.4, -0.2) is 15.9 Å². The van der Waals surface area contributed by atoms with E-state index in [4.69, 9.17) is 5.73 Å². The van der Waals surface area contributed by atoms with Crippen LogP contribution < -0.4 is 11.1 Å². The average Bonchev–Trinajstić information content (AvgIpc) is 2.29. The molecule has 0 atom stereocenters. The number of carbonyl (C=O) groups is 1. The van der Waals surface area contributed by atoms with Gasteiger partial charge in [-0.3, -0.25) is 9.78 Å². The van der Waals surface area contributed by atoms with Gasteiger partial charge in [0.2, 0.25) is 0 Å². The van der Waals surface area contributed by atoms with Gasteiger partial charge in [0, 0.05) is 18.1 Å². The van der Waals surface area contributed by atoms with Crippen molar-refractivity contribution in [3.05, 3.63) is 47.9 Å². The summed E-state index contributed by atoms with van der Waals surface area (Å²) in [6, 6.07) is 6.98. The minimum Gasteiger partial charge on any atom is -0.397 e. The Morgan fingerprint density at radius 2 is 2.18 bits per heavy atom. The molecule has 3 N–H and O–H groups in total. The van der Waals surface area contributed by atoms with Gasteiger partial charge in [-0.1, -0.05) is 6.07 Å². The van der Waals surface area contributed by atoms with Crippen LogP contribution in [0.15, 0.2) is 36.7 Å². The molecule has 0 spiro atoms. The maximum Gasteiger partial charge on any atom is 0.258 e. The van der Waals surface area contributed by atoms with E-state index in [9.17, 15) is 4.79 Å². The Bertz CT molecular complexity index is 554. The highest BCUT2D eigenvalue weighted by molar-refractivity contribution is 6.03. The molecule has 17 heavy (non-hydrogen) atoms. The van der Waals surface area contributed by atoms with Gasteiger partial charge in [-0.2, -0.15) is 0 Å². The van der Waals surface area contributed by atoms with E-state index in [1.54, 1.807) is 12.1 Å². The number of nitrogens with one attached hydrogen (secondary N) is 1. The minimum atomic E-state index is -0.275. The molecule has 0 saturated carbocycles. The summed E-state index contributed by atoms with van der Waals surface area (Å²) in [6.07, 6.45) is 2.95. The highest BCUT2D eigenvalue weighted by Gasteiger charge is 2.07. The summed E-state index contributed by atoms with van der Waals surface area (Å²) < 4.78 is 0. The van der Waals surface area contributed by atoms with E-state index in [-0.39, 0.29) is 5.91 Å². The van der Waals surface area contributed by atoms with Gasteiger partial charge >= 0.3 is 0 Å². The van der Waals surface area contributed by atoms with E-state index in [0.29, 0.717) is 17.1 Å². The molecule has 5 nitrogen and oxygen atoms in total. The highest BCUT2D eigenvalue weighted by Crippen LogP contribution is 2.08. The number of nitrogens with zero attached hydrogens (tertiary/aromatic N) is 2.